The van der Waals surface area contributed by atoms with E-state index in [9.17, 15) is 5.26 Å². The number of nitrogens with zero attached hydrogens (tertiary/aromatic N) is 2. The monoisotopic (exact) mass is 242 g/mol. The molecule has 1 saturated carbocycles. The summed E-state index contributed by atoms with van der Waals surface area (Å²) in [4.78, 5) is 2.44. The number of hydrogen-bond donors (Lipinski definition) is 0. The third-order valence-corrected chi connectivity index (χ3v) is 3.99. The van der Waals surface area contributed by atoms with E-state index in [-0.39, 0.29) is 5.92 Å². The molecule has 1 fully saturated rings. The van der Waals surface area contributed by atoms with Gasteiger partial charge in [-0.3, -0.25) is 0 Å². The van der Waals surface area contributed by atoms with Crippen LogP contribution in [0.25, 0.3) is 0 Å². The lowest BCUT2D eigenvalue weighted by molar-refractivity contribution is 0.182. The topological polar surface area (TPSA) is 27.0 Å². The Morgan fingerprint density at radius 1 is 1.33 bits per heavy atom. The van der Waals surface area contributed by atoms with Gasteiger partial charge in [0, 0.05) is 13.1 Å². The molecular formula is C16H22N2. The predicted molar refractivity (Wildman–Crippen MR) is 74.3 cm³/mol. The molecule has 2 nitrogen and oxygen atoms in total. The summed E-state index contributed by atoms with van der Waals surface area (Å²) < 4.78 is 0. The molecule has 0 amide bonds. The minimum Gasteiger partial charge on any atom is -0.302 e. The van der Waals surface area contributed by atoms with Crippen LogP contribution in [0, 0.1) is 17.2 Å². The zero-order chi connectivity index (χ0) is 12.8. The fourth-order valence-corrected chi connectivity index (χ4v) is 2.54. The van der Waals surface area contributed by atoms with E-state index >= 15 is 0 Å². The van der Waals surface area contributed by atoms with Gasteiger partial charge in [0.2, 0.25) is 0 Å². The van der Waals surface area contributed by atoms with E-state index in [1.807, 2.05) is 18.2 Å². The minimum atomic E-state index is 0.00577. The summed E-state index contributed by atoms with van der Waals surface area (Å²) in [7, 11) is 0. The maximum Gasteiger partial charge on any atom is 0.0839 e. The van der Waals surface area contributed by atoms with Gasteiger partial charge in [-0.1, -0.05) is 43.7 Å². The molecule has 1 aromatic carbocycles. The molecule has 0 spiro atoms. The van der Waals surface area contributed by atoms with Crippen LogP contribution in [0.3, 0.4) is 0 Å². The van der Waals surface area contributed by atoms with Gasteiger partial charge in [0.15, 0.2) is 0 Å². The Morgan fingerprint density at radius 2 is 2.06 bits per heavy atom. The maximum absolute atomic E-state index is 9.35. The summed E-state index contributed by atoms with van der Waals surface area (Å²) in [5.41, 5.74) is 1.15. The molecular weight excluding hydrogens is 220 g/mol. The van der Waals surface area contributed by atoms with Crippen molar-refractivity contribution in [3.8, 4) is 6.07 Å². The zero-order valence-corrected chi connectivity index (χ0v) is 11.2. The number of rotatable bonds is 6. The van der Waals surface area contributed by atoms with Crippen LogP contribution < -0.4 is 0 Å². The summed E-state index contributed by atoms with van der Waals surface area (Å²) in [6, 6.07) is 12.6. The average Bonchev–Trinajstić information content (AvgIpc) is 2.38. The van der Waals surface area contributed by atoms with Gasteiger partial charge in [-0.05, 0) is 30.9 Å². The Hall–Kier alpha value is -1.33. The van der Waals surface area contributed by atoms with Crippen LogP contribution in [0.15, 0.2) is 30.3 Å². The highest BCUT2D eigenvalue weighted by Gasteiger charge is 2.22. The molecule has 96 valence electrons. The molecule has 1 unspecified atom stereocenters. The van der Waals surface area contributed by atoms with Crippen molar-refractivity contribution in [3.05, 3.63) is 35.9 Å². The van der Waals surface area contributed by atoms with Gasteiger partial charge in [0.1, 0.15) is 0 Å². The van der Waals surface area contributed by atoms with Gasteiger partial charge < -0.3 is 4.90 Å². The quantitative estimate of drug-likeness (QED) is 0.764. The van der Waals surface area contributed by atoms with Crippen molar-refractivity contribution in [1.29, 1.82) is 5.26 Å². The first kappa shape index (κ1) is 13.1. The first-order valence-corrected chi connectivity index (χ1v) is 7.00. The Balaban J connectivity index is 1.93. The Bertz CT molecular complexity index is 389. The summed E-state index contributed by atoms with van der Waals surface area (Å²) >= 11 is 0. The minimum absolute atomic E-state index is 0.00577. The van der Waals surface area contributed by atoms with Gasteiger partial charge in [-0.25, -0.2) is 0 Å². The van der Waals surface area contributed by atoms with E-state index in [2.05, 4.69) is 30.0 Å². The SMILES string of the molecule is CCN(CC1CCC1)CC(C#N)c1ccccc1. The van der Waals surface area contributed by atoms with Gasteiger partial charge in [0.05, 0.1) is 12.0 Å². The van der Waals surface area contributed by atoms with E-state index in [4.69, 9.17) is 0 Å². The van der Waals surface area contributed by atoms with Crippen LogP contribution in [0.2, 0.25) is 0 Å². The van der Waals surface area contributed by atoms with E-state index in [1.165, 1.54) is 25.8 Å². The van der Waals surface area contributed by atoms with Crippen LogP contribution in [0.4, 0.5) is 0 Å². The normalized spacial score (nSPS) is 17.2. The first-order chi connectivity index (χ1) is 8.83. The maximum atomic E-state index is 9.35. The molecule has 0 saturated heterocycles. The fraction of sp³-hybridized carbons (Fsp3) is 0.562. The van der Waals surface area contributed by atoms with Crippen LogP contribution in [0.1, 0.15) is 37.7 Å². The smallest absolute Gasteiger partial charge is 0.0839 e. The second-order valence-corrected chi connectivity index (χ2v) is 5.24. The van der Waals surface area contributed by atoms with Crippen LogP contribution in [-0.2, 0) is 0 Å². The molecule has 0 bridgehead atoms. The second-order valence-electron chi connectivity index (χ2n) is 5.24. The standard InChI is InChI=1S/C16H22N2/c1-2-18(12-14-7-6-8-14)13-16(11-17)15-9-4-3-5-10-15/h3-5,9-10,14,16H,2,6-8,12-13H2,1H3. The van der Waals surface area contributed by atoms with Gasteiger partial charge in [0.25, 0.3) is 0 Å². The lowest BCUT2D eigenvalue weighted by Crippen LogP contribution is -2.35. The van der Waals surface area contributed by atoms with Crippen molar-refractivity contribution >= 4 is 0 Å². The molecule has 2 heteroatoms. The van der Waals surface area contributed by atoms with E-state index in [0.717, 1.165) is 24.6 Å². The number of likely N-dealkylation sites (N-methyl/N-ethyl adjacent to an activating group) is 1. The zero-order valence-electron chi connectivity index (χ0n) is 11.2. The van der Waals surface area contributed by atoms with Crippen molar-refractivity contribution in [2.24, 2.45) is 5.92 Å². The van der Waals surface area contributed by atoms with Gasteiger partial charge in [-0.15, -0.1) is 0 Å². The van der Waals surface area contributed by atoms with Crippen molar-refractivity contribution in [2.45, 2.75) is 32.1 Å². The van der Waals surface area contributed by atoms with E-state index in [0.29, 0.717) is 0 Å². The summed E-state index contributed by atoms with van der Waals surface area (Å²) in [5.74, 6) is 0.881. The van der Waals surface area contributed by atoms with Gasteiger partial charge in [-0.2, -0.15) is 5.26 Å². The van der Waals surface area contributed by atoms with Crippen molar-refractivity contribution < 1.29 is 0 Å². The second kappa shape index (κ2) is 6.56. The van der Waals surface area contributed by atoms with Crippen molar-refractivity contribution in [1.82, 2.24) is 4.90 Å². The predicted octanol–water partition coefficient (Wildman–Crippen LogP) is 3.42. The fourth-order valence-electron chi connectivity index (χ4n) is 2.54. The molecule has 0 aromatic heterocycles. The largest absolute Gasteiger partial charge is 0.302 e. The molecule has 2 rings (SSSR count). The third-order valence-electron chi connectivity index (χ3n) is 3.99. The van der Waals surface area contributed by atoms with Gasteiger partial charge >= 0.3 is 0 Å². The van der Waals surface area contributed by atoms with Crippen molar-refractivity contribution in [2.75, 3.05) is 19.6 Å². The molecule has 0 radical (unpaired) electrons. The highest BCUT2D eigenvalue weighted by Crippen LogP contribution is 2.27. The molecule has 0 aliphatic heterocycles. The Morgan fingerprint density at radius 3 is 2.56 bits per heavy atom. The molecule has 1 atom stereocenters. The van der Waals surface area contributed by atoms with Crippen molar-refractivity contribution in [3.63, 3.8) is 0 Å². The van der Waals surface area contributed by atoms with Crippen LogP contribution in [-0.4, -0.2) is 24.5 Å². The highest BCUT2D eigenvalue weighted by atomic mass is 15.1. The molecule has 1 aromatic rings. The molecule has 0 N–H and O–H groups in total. The lowest BCUT2D eigenvalue weighted by atomic mass is 9.85. The summed E-state index contributed by atoms with van der Waals surface area (Å²) in [5, 5.41) is 9.35. The average molecular weight is 242 g/mol. The third kappa shape index (κ3) is 3.34. The van der Waals surface area contributed by atoms with E-state index < -0.39 is 0 Å². The first-order valence-electron chi connectivity index (χ1n) is 7.00. The molecule has 1 aliphatic carbocycles. The summed E-state index contributed by atoms with van der Waals surface area (Å²) in [6.45, 7) is 5.27. The summed E-state index contributed by atoms with van der Waals surface area (Å²) in [6.07, 6.45) is 4.14. The highest BCUT2D eigenvalue weighted by molar-refractivity contribution is 5.25. The molecule has 0 heterocycles. The lowest BCUT2D eigenvalue weighted by Gasteiger charge is -2.32. The van der Waals surface area contributed by atoms with Crippen LogP contribution >= 0.6 is 0 Å². The number of nitriles is 1. The molecule has 18 heavy (non-hydrogen) atoms. The number of hydrogen-bond acceptors (Lipinski definition) is 2. The number of benzene rings is 1. The Labute approximate surface area is 110 Å². The van der Waals surface area contributed by atoms with E-state index in [1.54, 1.807) is 0 Å². The van der Waals surface area contributed by atoms with Crippen LogP contribution in [0.5, 0.6) is 0 Å². The molecule has 1 aliphatic rings. The Kier molecular flexibility index (Phi) is 4.78.